The van der Waals surface area contributed by atoms with Crippen LogP contribution in [0.15, 0.2) is 26.1 Å². The molecule has 4 heterocycles. The van der Waals surface area contributed by atoms with Gasteiger partial charge in [-0.2, -0.15) is 0 Å². The Bertz CT molecular complexity index is 1440. The third-order valence-electron chi connectivity index (χ3n) is 7.51. The number of aryl methyl sites for hydroxylation is 1. The zero-order chi connectivity index (χ0) is 26.9. The Kier molecular flexibility index (Phi) is 7.70. The van der Waals surface area contributed by atoms with Crippen molar-refractivity contribution in [2.75, 3.05) is 13.1 Å². The van der Waals surface area contributed by atoms with Gasteiger partial charge in [0.1, 0.15) is 5.65 Å². The zero-order valence-electron chi connectivity index (χ0n) is 21.2. The van der Waals surface area contributed by atoms with Crippen LogP contribution in [0.4, 0.5) is 8.78 Å². The molecule has 1 aliphatic carbocycles. The van der Waals surface area contributed by atoms with E-state index in [1.165, 1.54) is 0 Å². The number of pyridine rings is 1. The maximum absolute atomic E-state index is 13.8. The van der Waals surface area contributed by atoms with Gasteiger partial charge in [-0.3, -0.25) is 14.3 Å². The number of H-pyrrole nitrogens is 1. The molecule has 202 valence electrons. The summed E-state index contributed by atoms with van der Waals surface area (Å²) in [5, 5.41) is 4.62. The van der Waals surface area contributed by atoms with Crippen LogP contribution in [-0.4, -0.2) is 49.5 Å². The third-order valence-corrected chi connectivity index (χ3v) is 7.94. The van der Waals surface area contributed by atoms with Gasteiger partial charge in [-0.25, -0.2) is 18.6 Å². The molecule has 1 saturated heterocycles. The van der Waals surface area contributed by atoms with E-state index in [-0.39, 0.29) is 30.6 Å². The molecule has 0 radical (unpaired) electrons. The normalized spacial score (nSPS) is 18.9. The average Bonchev–Trinajstić information content (AvgIpc) is 3.57. The molecule has 1 saturated carbocycles. The van der Waals surface area contributed by atoms with E-state index in [1.54, 1.807) is 6.20 Å². The number of rotatable bonds is 8. The van der Waals surface area contributed by atoms with Crippen LogP contribution in [0.2, 0.25) is 0 Å². The second-order valence-corrected chi connectivity index (χ2v) is 11.2. The molecule has 1 atom stereocenters. The lowest BCUT2D eigenvalue weighted by Gasteiger charge is -2.31. The Morgan fingerprint density at radius 3 is 2.82 bits per heavy atom. The first-order chi connectivity index (χ1) is 18.2. The highest BCUT2D eigenvalue weighted by atomic mass is 79.9. The van der Waals surface area contributed by atoms with Gasteiger partial charge in [-0.1, -0.05) is 23.9 Å². The largest absolute Gasteiger partial charge is 0.438 e. The van der Waals surface area contributed by atoms with E-state index in [9.17, 15) is 18.4 Å². The van der Waals surface area contributed by atoms with Gasteiger partial charge in [0.2, 0.25) is 0 Å². The highest BCUT2D eigenvalue weighted by Crippen LogP contribution is 2.41. The van der Waals surface area contributed by atoms with Crippen LogP contribution < -0.4 is 5.76 Å². The Morgan fingerprint density at radius 1 is 1.29 bits per heavy atom. The number of nitrogens with one attached hydrogen (secondary N) is 1. The molecule has 8 nitrogen and oxygen atoms in total. The lowest BCUT2D eigenvalue weighted by Crippen LogP contribution is -2.34. The van der Waals surface area contributed by atoms with E-state index in [0.717, 1.165) is 59.7 Å². The fourth-order valence-electron chi connectivity index (χ4n) is 5.45. The fourth-order valence-corrected chi connectivity index (χ4v) is 5.78. The Morgan fingerprint density at radius 2 is 2.08 bits per heavy atom. The van der Waals surface area contributed by atoms with Crippen molar-refractivity contribution < 1.29 is 18.1 Å². The van der Waals surface area contributed by atoms with Gasteiger partial charge >= 0.3 is 5.76 Å². The summed E-state index contributed by atoms with van der Waals surface area (Å²) in [7, 11) is 1.95. The molecule has 5 rings (SSSR count). The first-order valence-corrected chi connectivity index (χ1v) is 13.9. The highest BCUT2D eigenvalue weighted by Gasteiger charge is 2.44. The summed E-state index contributed by atoms with van der Waals surface area (Å²) in [6.07, 6.45) is 7.53. The zero-order valence-corrected chi connectivity index (χ0v) is 22.8. The van der Waals surface area contributed by atoms with Gasteiger partial charge in [0, 0.05) is 73.0 Å². The number of carbonyl (C=O) groups is 1. The molecule has 0 unspecified atom stereocenters. The second-order valence-electron chi connectivity index (χ2n) is 10.3. The summed E-state index contributed by atoms with van der Waals surface area (Å²) >= 11 is 3.49. The first-order valence-electron chi connectivity index (χ1n) is 13.1. The van der Waals surface area contributed by atoms with Crippen LogP contribution in [0, 0.1) is 17.8 Å². The Balaban J connectivity index is 1.22. The van der Waals surface area contributed by atoms with E-state index < -0.39 is 11.7 Å². The number of nitrogens with zero attached hydrogens (tertiary/aromatic N) is 4. The van der Waals surface area contributed by atoms with Crippen LogP contribution >= 0.6 is 15.9 Å². The average molecular weight is 590 g/mol. The predicted molar refractivity (Wildman–Crippen MR) is 141 cm³/mol. The third kappa shape index (κ3) is 5.70. The number of likely N-dealkylation sites (tertiary alicyclic amines) is 1. The molecular formula is C27H30BrF2N5O3. The standard InChI is InChI=1S/C27H30BrF2N5O3/c1-34-21(9-7-5-3-2-4-6-8-17-13-27(29,30)14-17)22(20-12-19(28)15-31-24(20)34)25(36)35-11-10-18(16-35)23-32-26(37)38-33-23/h12,15,17-18H,2-5,7,9-11,13-14,16H2,1H3,(H,32,33,37)/t18-/m0/s1. The first kappa shape index (κ1) is 26.6. The van der Waals surface area contributed by atoms with Gasteiger partial charge in [0.15, 0.2) is 5.82 Å². The van der Waals surface area contributed by atoms with Crippen molar-refractivity contribution in [3.05, 3.63) is 44.4 Å². The van der Waals surface area contributed by atoms with Gasteiger partial charge in [-0.15, -0.1) is 5.92 Å². The van der Waals surface area contributed by atoms with E-state index in [4.69, 9.17) is 0 Å². The van der Waals surface area contributed by atoms with E-state index in [0.29, 0.717) is 30.9 Å². The van der Waals surface area contributed by atoms with Crippen LogP contribution in [0.3, 0.4) is 0 Å². The van der Waals surface area contributed by atoms with Crippen molar-refractivity contribution in [3.63, 3.8) is 0 Å². The number of aromatic nitrogens is 4. The number of unbranched alkanes of at least 4 members (excludes halogenated alkanes) is 4. The molecule has 3 aromatic heterocycles. The number of hydrogen-bond acceptors (Lipinski definition) is 5. The summed E-state index contributed by atoms with van der Waals surface area (Å²) < 4.78 is 33.3. The van der Waals surface area contributed by atoms with E-state index >= 15 is 0 Å². The maximum atomic E-state index is 13.8. The van der Waals surface area contributed by atoms with Crippen LogP contribution in [0.1, 0.15) is 79.2 Å². The van der Waals surface area contributed by atoms with Crippen molar-refractivity contribution in [1.29, 1.82) is 0 Å². The lowest BCUT2D eigenvalue weighted by molar-refractivity contribution is -0.0936. The van der Waals surface area contributed by atoms with Crippen molar-refractivity contribution >= 4 is 32.9 Å². The molecular weight excluding hydrogens is 560 g/mol. The van der Waals surface area contributed by atoms with E-state index in [1.807, 2.05) is 22.6 Å². The molecule has 1 N–H and O–H groups in total. The predicted octanol–water partition coefficient (Wildman–Crippen LogP) is 5.18. The smallest absolute Gasteiger partial charge is 0.338 e. The minimum atomic E-state index is -2.51. The van der Waals surface area contributed by atoms with Crippen LogP contribution in [-0.2, 0) is 13.5 Å². The van der Waals surface area contributed by atoms with E-state index in [2.05, 4.69) is 47.4 Å². The Labute approximate surface area is 227 Å². The van der Waals surface area contributed by atoms with Crippen molar-refractivity contribution in [2.45, 2.75) is 69.6 Å². The molecule has 0 spiro atoms. The molecule has 11 heteroatoms. The number of aromatic amines is 1. The summed E-state index contributed by atoms with van der Waals surface area (Å²) in [6.45, 7) is 1.02. The summed E-state index contributed by atoms with van der Waals surface area (Å²) in [6, 6.07) is 1.94. The summed E-state index contributed by atoms with van der Waals surface area (Å²) in [4.78, 5) is 34.2. The van der Waals surface area contributed by atoms with Crippen LogP contribution in [0.25, 0.3) is 11.0 Å². The number of carbonyl (C=O) groups excluding carboxylic acids is 1. The van der Waals surface area contributed by atoms with Crippen molar-refractivity contribution in [1.82, 2.24) is 24.6 Å². The molecule has 2 aliphatic rings. The molecule has 1 aliphatic heterocycles. The molecule has 2 fully saturated rings. The maximum Gasteiger partial charge on any atom is 0.438 e. The summed E-state index contributed by atoms with van der Waals surface area (Å²) in [5.41, 5.74) is 2.40. The quantitative estimate of drug-likeness (QED) is 0.288. The molecule has 3 aromatic rings. The lowest BCUT2D eigenvalue weighted by atomic mass is 9.82. The highest BCUT2D eigenvalue weighted by molar-refractivity contribution is 9.10. The number of halogens is 3. The van der Waals surface area contributed by atoms with Gasteiger partial charge in [-0.05, 0) is 47.7 Å². The topological polar surface area (TPSA) is 97.0 Å². The van der Waals surface area contributed by atoms with Crippen LogP contribution in [0.5, 0.6) is 0 Å². The number of hydrogen-bond donors (Lipinski definition) is 1. The van der Waals surface area contributed by atoms with Gasteiger partial charge in [0.25, 0.3) is 11.8 Å². The van der Waals surface area contributed by atoms with Gasteiger partial charge < -0.3 is 9.47 Å². The summed E-state index contributed by atoms with van der Waals surface area (Å²) in [5.74, 6) is 3.13. The van der Waals surface area contributed by atoms with Crippen molar-refractivity contribution in [2.24, 2.45) is 13.0 Å². The minimum Gasteiger partial charge on any atom is -0.338 e. The minimum absolute atomic E-state index is 0.0457. The fraction of sp³-hybridized carbons (Fsp3) is 0.556. The Hall–Kier alpha value is -3.00. The molecule has 38 heavy (non-hydrogen) atoms. The molecule has 0 bridgehead atoms. The molecule has 1 amide bonds. The second kappa shape index (κ2) is 11.0. The van der Waals surface area contributed by atoms with Crippen molar-refractivity contribution in [3.8, 4) is 11.8 Å². The molecule has 0 aromatic carbocycles. The number of amides is 1. The number of alkyl halides is 2. The number of fused-ring (bicyclic) bond motifs is 1. The SMILES string of the molecule is Cn1c(CCCCCCC#CC2CC(F)(F)C2)c(C(=O)N2CC[C@H](c3noc(=O)[nH]3)C2)c2cc(Br)cnc21. The monoisotopic (exact) mass is 589 g/mol. The van der Waals surface area contributed by atoms with Gasteiger partial charge in [0.05, 0.1) is 5.56 Å².